The Labute approximate surface area is 308 Å². The fourth-order valence-electron chi connectivity index (χ4n) is 9.48. The number of anilines is 2. The van der Waals surface area contributed by atoms with E-state index in [1.807, 2.05) is 11.3 Å². The fraction of sp³-hybridized carbons (Fsp3) is 0.0800. The van der Waals surface area contributed by atoms with Gasteiger partial charge in [-0.1, -0.05) is 146 Å². The van der Waals surface area contributed by atoms with E-state index in [4.69, 9.17) is 0 Å². The smallest absolute Gasteiger partial charge is 0.0746 e. The summed E-state index contributed by atoms with van der Waals surface area (Å²) in [5.74, 6) is 0.353. The van der Waals surface area contributed by atoms with E-state index >= 15 is 0 Å². The van der Waals surface area contributed by atoms with Crippen molar-refractivity contribution in [1.82, 2.24) is 0 Å². The molecule has 0 saturated heterocycles. The Kier molecular flexibility index (Phi) is 6.45. The van der Waals surface area contributed by atoms with Gasteiger partial charge in [-0.3, -0.25) is 0 Å². The van der Waals surface area contributed by atoms with Crippen LogP contribution in [0.3, 0.4) is 0 Å². The van der Waals surface area contributed by atoms with Crippen LogP contribution in [0.4, 0.5) is 11.4 Å². The zero-order valence-electron chi connectivity index (χ0n) is 28.9. The van der Waals surface area contributed by atoms with Gasteiger partial charge in [-0.15, -0.1) is 11.3 Å². The van der Waals surface area contributed by atoms with Gasteiger partial charge in [-0.2, -0.15) is 0 Å². The number of rotatable bonds is 4. The van der Waals surface area contributed by atoms with E-state index in [0.29, 0.717) is 5.92 Å². The molecule has 8 aromatic rings. The van der Waals surface area contributed by atoms with Crippen LogP contribution in [0.1, 0.15) is 46.7 Å². The zero-order chi connectivity index (χ0) is 34.4. The lowest BCUT2D eigenvalue weighted by Gasteiger charge is -2.34. The molecule has 1 nitrogen and oxygen atoms in total. The molecule has 0 fully saturated rings. The minimum absolute atomic E-state index is 0.353. The summed E-state index contributed by atoms with van der Waals surface area (Å²) in [5, 5.41) is 6.76. The summed E-state index contributed by atoms with van der Waals surface area (Å²) in [6, 6.07) is 58.7. The number of benzene rings is 7. The molecule has 1 spiro atoms. The third-order valence-corrected chi connectivity index (χ3v) is 12.9. The van der Waals surface area contributed by atoms with Gasteiger partial charge in [0.05, 0.1) is 11.1 Å². The Balaban J connectivity index is 1.18. The van der Waals surface area contributed by atoms with Crippen LogP contribution in [0, 0.1) is 5.92 Å². The first-order valence-corrected chi connectivity index (χ1v) is 19.1. The maximum absolute atomic E-state index is 4.07. The van der Waals surface area contributed by atoms with Gasteiger partial charge in [0.15, 0.2) is 0 Å². The summed E-state index contributed by atoms with van der Waals surface area (Å²) in [5.41, 5.74) is 17.8. The first-order chi connectivity index (χ1) is 25.7. The number of hydrogen-bond acceptors (Lipinski definition) is 2. The van der Waals surface area contributed by atoms with E-state index in [1.54, 1.807) is 0 Å². The first kappa shape index (κ1) is 29.7. The quantitative estimate of drug-likeness (QED) is 0.195. The van der Waals surface area contributed by atoms with Crippen molar-refractivity contribution in [2.75, 3.05) is 5.32 Å². The van der Waals surface area contributed by atoms with Crippen molar-refractivity contribution in [3.8, 4) is 22.3 Å². The van der Waals surface area contributed by atoms with Gasteiger partial charge in [-0.05, 0) is 98.3 Å². The van der Waals surface area contributed by atoms with E-state index in [9.17, 15) is 0 Å². The Bertz CT molecular complexity index is 2750. The van der Waals surface area contributed by atoms with Crippen molar-refractivity contribution in [3.63, 3.8) is 0 Å². The molecule has 0 aliphatic heterocycles. The molecule has 7 aromatic carbocycles. The Morgan fingerprint density at radius 3 is 1.88 bits per heavy atom. The maximum atomic E-state index is 4.07. The average molecular weight is 682 g/mol. The normalized spacial score (nSPS) is 16.3. The highest BCUT2D eigenvalue weighted by Crippen LogP contribution is 2.65. The number of thiophene rings is 1. The maximum Gasteiger partial charge on any atom is 0.0746 e. The molecular formula is C50H35NS. The molecule has 0 saturated carbocycles. The minimum atomic E-state index is -0.450. The van der Waals surface area contributed by atoms with Crippen LogP contribution in [0.2, 0.25) is 0 Å². The summed E-state index contributed by atoms with van der Waals surface area (Å²) in [6.07, 6.45) is 5.91. The van der Waals surface area contributed by atoms with Crippen LogP contribution < -0.4 is 5.32 Å². The Hall–Kier alpha value is -5.96. The molecule has 0 bridgehead atoms. The second-order valence-corrected chi connectivity index (χ2v) is 15.6. The van der Waals surface area contributed by atoms with Gasteiger partial charge in [-0.25, -0.2) is 0 Å². The molecule has 3 aliphatic carbocycles. The molecule has 11 rings (SSSR count). The van der Waals surface area contributed by atoms with Crippen molar-refractivity contribution in [3.05, 3.63) is 203 Å². The zero-order valence-corrected chi connectivity index (χ0v) is 29.7. The van der Waals surface area contributed by atoms with Crippen molar-refractivity contribution >= 4 is 54.0 Å². The van der Waals surface area contributed by atoms with Gasteiger partial charge >= 0.3 is 0 Å². The van der Waals surface area contributed by atoms with Crippen molar-refractivity contribution in [1.29, 1.82) is 0 Å². The molecule has 2 heteroatoms. The predicted molar refractivity (Wildman–Crippen MR) is 222 cm³/mol. The van der Waals surface area contributed by atoms with Gasteiger partial charge < -0.3 is 5.32 Å². The van der Waals surface area contributed by atoms with E-state index < -0.39 is 5.41 Å². The largest absolute Gasteiger partial charge is 0.355 e. The van der Waals surface area contributed by atoms with Crippen LogP contribution in [-0.2, 0) is 5.41 Å². The summed E-state index contributed by atoms with van der Waals surface area (Å²) in [7, 11) is 0. The minimum Gasteiger partial charge on any atom is -0.355 e. The summed E-state index contributed by atoms with van der Waals surface area (Å²) >= 11 is 1.88. The molecule has 0 amide bonds. The van der Waals surface area contributed by atoms with Crippen molar-refractivity contribution in [2.24, 2.45) is 5.92 Å². The van der Waals surface area contributed by atoms with E-state index in [1.165, 1.54) is 92.6 Å². The summed E-state index contributed by atoms with van der Waals surface area (Å²) in [6.45, 7) is 2.39. The average Bonchev–Trinajstić information content (AvgIpc) is 3.83. The molecule has 1 heterocycles. The second-order valence-electron chi connectivity index (χ2n) is 14.5. The third kappa shape index (κ3) is 4.10. The topological polar surface area (TPSA) is 12.0 Å². The number of fused-ring (bicyclic) bond motifs is 13. The van der Waals surface area contributed by atoms with E-state index in [2.05, 4.69) is 182 Å². The number of nitrogens with one attached hydrogen (secondary N) is 1. The SMILES string of the molecule is CC1CC=C(c2ccc3sc4ccccc4c3c2)C=C1c1ccc2c(c1Nc1ccccc1)C1(c3ccccc3-c3ccccc31)c1ccccc1-2. The van der Waals surface area contributed by atoms with Crippen LogP contribution in [0.25, 0.3) is 53.6 Å². The lowest BCUT2D eigenvalue weighted by Crippen LogP contribution is -2.27. The molecule has 3 aliphatic rings. The molecule has 1 atom stereocenters. The van der Waals surface area contributed by atoms with Crippen LogP contribution in [0.15, 0.2) is 170 Å². The Morgan fingerprint density at radius 2 is 1.15 bits per heavy atom. The van der Waals surface area contributed by atoms with Gasteiger partial charge in [0.25, 0.3) is 0 Å². The molecular weight excluding hydrogens is 647 g/mol. The van der Waals surface area contributed by atoms with Gasteiger partial charge in [0.1, 0.15) is 0 Å². The van der Waals surface area contributed by atoms with Crippen LogP contribution in [0.5, 0.6) is 0 Å². The highest BCUT2D eigenvalue weighted by atomic mass is 32.1. The Morgan fingerprint density at radius 1 is 0.558 bits per heavy atom. The van der Waals surface area contributed by atoms with E-state index in [0.717, 1.165) is 12.1 Å². The van der Waals surface area contributed by atoms with Crippen LogP contribution >= 0.6 is 11.3 Å². The van der Waals surface area contributed by atoms with Gasteiger partial charge in [0, 0.05) is 37.0 Å². The summed E-state index contributed by atoms with van der Waals surface area (Å²) in [4.78, 5) is 0. The lowest BCUT2D eigenvalue weighted by atomic mass is 9.69. The molecule has 1 aromatic heterocycles. The third-order valence-electron chi connectivity index (χ3n) is 11.8. The summed E-state index contributed by atoms with van der Waals surface area (Å²) < 4.78 is 2.69. The molecule has 0 radical (unpaired) electrons. The highest BCUT2D eigenvalue weighted by molar-refractivity contribution is 7.25. The highest BCUT2D eigenvalue weighted by Gasteiger charge is 2.53. The molecule has 1 N–H and O–H groups in total. The van der Waals surface area contributed by atoms with Crippen molar-refractivity contribution < 1.29 is 0 Å². The lowest BCUT2D eigenvalue weighted by molar-refractivity contribution is 0.759. The standard InChI is InChI=1S/C50H35NS/c1-31-23-24-32(33-25-28-47-42(30-33)38-18-8-12-22-46(38)52-47)29-41(31)40-27-26-39-37-17-7-11-21-45(37)50(48(39)49(40)51-34-13-3-2-4-14-34)43-19-9-5-15-35(43)36-16-6-10-20-44(36)50/h2-22,24-31,51H,23H2,1H3. The van der Waals surface area contributed by atoms with Crippen LogP contribution in [-0.4, -0.2) is 0 Å². The monoisotopic (exact) mass is 681 g/mol. The van der Waals surface area contributed by atoms with Gasteiger partial charge in [0.2, 0.25) is 0 Å². The predicted octanol–water partition coefficient (Wildman–Crippen LogP) is 13.6. The number of para-hydroxylation sites is 1. The second kappa shape index (κ2) is 11.3. The number of hydrogen-bond donors (Lipinski definition) is 1. The molecule has 1 unspecified atom stereocenters. The molecule has 246 valence electrons. The molecule has 52 heavy (non-hydrogen) atoms. The fourth-order valence-corrected chi connectivity index (χ4v) is 10.6. The number of allylic oxidation sites excluding steroid dienone is 4. The first-order valence-electron chi connectivity index (χ1n) is 18.3. The van der Waals surface area contributed by atoms with Crippen molar-refractivity contribution in [2.45, 2.75) is 18.8 Å². The van der Waals surface area contributed by atoms with E-state index in [-0.39, 0.29) is 0 Å².